The second-order valence-corrected chi connectivity index (χ2v) is 4.12. The van der Waals surface area contributed by atoms with Gasteiger partial charge >= 0.3 is 0 Å². The van der Waals surface area contributed by atoms with E-state index in [1.54, 1.807) is 6.92 Å². The molecule has 1 aliphatic rings. The Hall–Kier alpha value is -1.05. The van der Waals surface area contributed by atoms with Crippen molar-refractivity contribution >= 4 is 5.78 Å². The van der Waals surface area contributed by atoms with Crippen LogP contribution in [0.3, 0.4) is 0 Å². The Labute approximate surface area is 84.3 Å². The van der Waals surface area contributed by atoms with E-state index in [9.17, 15) is 4.79 Å². The van der Waals surface area contributed by atoms with Crippen LogP contribution in [0, 0.1) is 6.92 Å². The smallest absolute Gasteiger partial charge is 0.134 e. The molecule has 0 saturated heterocycles. The van der Waals surface area contributed by atoms with Crippen molar-refractivity contribution in [2.24, 2.45) is 0 Å². The molecule has 14 heavy (non-hydrogen) atoms. The number of carbonyl (C=O) groups excluding carboxylic acids is 1. The van der Waals surface area contributed by atoms with Gasteiger partial charge in [-0.3, -0.25) is 4.79 Å². The lowest BCUT2D eigenvalue weighted by Crippen LogP contribution is -2.04. The van der Waals surface area contributed by atoms with E-state index in [1.165, 1.54) is 18.4 Å². The number of hydrogen-bond acceptors (Lipinski definition) is 2. The lowest BCUT2D eigenvalue weighted by Gasteiger charge is -2.10. The van der Waals surface area contributed by atoms with Gasteiger partial charge in [0.1, 0.15) is 17.3 Å². The van der Waals surface area contributed by atoms with Crippen LogP contribution in [0.2, 0.25) is 0 Å². The van der Waals surface area contributed by atoms with Gasteiger partial charge in [0, 0.05) is 18.4 Å². The molecule has 0 bridgehead atoms. The van der Waals surface area contributed by atoms with Crippen molar-refractivity contribution in [3.8, 4) is 0 Å². The molecule has 0 radical (unpaired) electrons. The van der Waals surface area contributed by atoms with E-state index in [4.69, 9.17) is 4.42 Å². The zero-order chi connectivity index (χ0) is 10.1. The standard InChI is InChI=1S/C12H16O2/c1-8(13)7-11-9(2)14-12-6-4-3-5-10(11)12/h3-7H2,1-2H3. The molecular formula is C12H16O2. The van der Waals surface area contributed by atoms with Crippen LogP contribution >= 0.6 is 0 Å². The van der Waals surface area contributed by atoms with Gasteiger partial charge in [-0.2, -0.15) is 0 Å². The number of carbonyl (C=O) groups is 1. The Morgan fingerprint density at radius 2 is 2.07 bits per heavy atom. The summed E-state index contributed by atoms with van der Waals surface area (Å²) < 4.78 is 5.69. The number of furan rings is 1. The molecule has 1 aromatic heterocycles. The first kappa shape index (κ1) is 9.50. The molecule has 1 heterocycles. The number of Topliss-reactive ketones (excluding diaryl/α,β-unsaturated/α-hetero) is 1. The minimum Gasteiger partial charge on any atom is -0.466 e. The Balaban J connectivity index is 2.37. The molecule has 2 heteroatoms. The minimum absolute atomic E-state index is 0.224. The van der Waals surface area contributed by atoms with Crippen LogP contribution in [0.15, 0.2) is 4.42 Å². The van der Waals surface area contributed by atoms with Crippen molar-refractivity contribution < 1.29 is 9.21 Å². The third-order valence-corrected chi connectivity index (χ3v) is 2.91. The number of ketones is 1. The molecule has 0 aromatic carbocycles. The highest BCUT2D eigenvalue weighted by Gasteiger charge is 2.20. The third kappa shape index (κ3) is 1.61. The molecule has 0 N–H and O–H groups in total. The molecule has 0 aliphatic heterocycles. The quantitative estimate of drug-likeness (QED) is 0.721. The van der Waals surface area contributed by atoms with Crippen LogP contribution in [-0.2, 0) is 24.1 Å². The predicted molar refractivity (Wildman–Crippen MR) is 54.5 cm³/mol. The largest absolute Gasteiger partial charge is 0.466 e. The average Bonchev–Trinajstić information content (AvgIpc) is 2.43. The molecule has 2 nitrogen and oxygen atoms in total. The van der Waals surface area contributed by atoms with Gasteiger partial charge in [0.15, 0.2) is 0 Å². The molecule has 0 spiro atoms. The Bertz CT molecular complexity index is 361. The van der Waals surface area contributed by atoms with Gasteiger partial charge in [-0.1, -0.05) is 0 Å². The molecule has 0 unspecified atom stereocenters. The van der Waals surface area contributed by atoms with Gasteiger partial charge in [0.05, 0.1) is 0 Å². The number of rotatable bonds is 2. The van der Waals surface area contributed by atoms with Gasteiger partial charge in [0.25, 0.3) is 0 Å². The van der Waals surface area contributed by atoms with Crippen LogP contribution in [0.1, 0.15) is 42.4 Å². The highest BCUT2D eigenvalue weighted by molar-refractivity contribution is 5.79. The topological polar surface area (TPSA) is 30.2 Å². The van der Waals surface area contributed by atoms with Gasteiger partial charge in [-0.25, -0.2) is 0 Å². The summed E-state index contributed by atoms with van der Waals surface area (Å²) in [5, 5.41) is 0. The van der Waals surface area contributed by atoms with Crippen molar-refractivity contribution in [1.82, 2.24) is 0 Å². The van der Waals surface area contributed by atoms with Gasteiger partial charge in [-0.15, -0.1) is 0 Å². The summed E-state index contributed by atoms with van der Waals surface area (Å²) in [6.07, 6.45) is 5.14. The maximum Gasteiger partial charge on any atom is 0.134 e. The first-order valence-electron chi connectivity index (χ1n) is 5.28. The Kier molecular flexibility index (Phi) is 2.44. The molecule has 0 saturated carbocycles. The van der Waals surface area contributed by atoms with Crippen LogP contribution in [0.25, 0.3) is 0 Å². The second-order valence-electron chi connectivity index (χ2n) is 4.12. The van der Waals surface area contributed by atoms with E-state index in [2.05, 4.69) is 0 Å². The summed E-state index contributed by atoms with van der Waals surface area (Å²) >= 11 is 0. The highest BCUT2D eigenvalue weighted by atomic mass is 16.3. The SMILES string of the molecule is CC(=O)Cc1c(C)oc2c1CCCC2. The fourth-order valence-corrected chi connectivity index (χ4v) is 2.25. The van der Waals surface area contributed by atoms with Crippen molar-refractivity contribution in [2.75, 3.05) is 0 Å². The molecule has 0 atom stereocenters. The van der Waals surface area contributed by atoms with Gasteiger partial charge in [0.2, 0.25) is 0 Å². The van der Waals surface area contributed by atoms with E-state index >= 15 is 0 Å². The van der Waals surface area contributed by atoms with Crippen LogP contribution in [-0.4, -0.2) is 5.78 Å². The molecule has 0 amide bonds. The van der Waals surface area contributed by atoms with Crippen molar-refractivity contribution in [3.63, 3.8) is 0 Å². The van der Waals surface area contributed by atoms with E-state index in [0.29, 0.717) is 6.42 Å². The zero-order valence-corrected chi connectivity index (χ0v) is 8.85. The lowest BCUT2D eigenvalue weighted by molar-refractivity contribution is -0.116. The molecule has 76 valence electrons. The third-order valence-electron chi connectivity index (χ3n) is 2.91. The van der Waals surface area contributed by atoms with Crippen molar-refractivity contribution in [1.29, 1.82) is 0 Å². The first-order valence-corrected chi connectivity index (χ1v) is 5.28. The Morgan fingerprint density at radius 3 is 2.79 bits per heavy atom. The average molecular weight is 192 g/mol. The summed E-state index contributed by atoms with van der Waals surface area (Å²) in [6, 6.07) is 0. The second kappa shape index (κ2) is 3.60. The van der Waals surface area contributed by atoms with Crippen molar-refractivity contribution in [2.45, 2.75) is 46.0 Å². The summed E-state index contributed by atoms with van der Waals surface area (Å²) in [7, 11) is 0. The van der Waals surface area contributed by atoms with E-state index < -0.39 is 0 Å². The summed E-state index contributed by atoms with van der Waals surface area (Å²) in [5.74, 6) is 2.30. The summed E-state index contributed by atoms with van der Waals surface area (Å²) in [4.78, 5) is 11.1. The molecule has 0 fully saturated rings. The molecular weight excluding hydrogens is 176 g/mol. The zero-order valence-electron chi connectivity index (χ0n) is 8.85. The highest BCUT2D eigenvalue weighted by Crippen LogP contribution is 2.29. The van der Waals surface area contributed by atoms with Crippen LogP contribution in [0.4, 0.5) is 0 Å². The lowest BCUT2D eigenvalue weighted by atomic mass is 9.93. The maximum atomic E-state index is 11.1. The van der Waals surface area contributed by atoms with Crippen molar-refractivity contribution in [3.05, 3.63) is 22.6 Å². The van der Waals surface area contributed by atoms with Gasteiger partial charge in [-0.05, 0) is 38.7 Å². The molecule has 2 rings (SSSR count). The molecule has 1 aliphatic carbocycles. The van der Waals surface area contributed by atoms with E-state index in [1.807, 2.05) is 6.92 Å². The monoisotopic (exact) mass is 192 g/mol. The Morgan fingerprint density at radius 1 is 1.36 bits per heavy atom. The van der Waals surface area contributed by atoms with E-state index in [-0.39, 0.29) is 5.78 Å². The van der Waals surface area contributed by atoms with E-state index in [0.717, 1.165) is 29.9 Å². The first-order chi connectivity index (χ1) is 6.68. The summed E-state index contributed by atoms with van der Waals surface area (Å²) in [5.41, 5.74) is 2.48. The predicted octanol–water partition coefficient (Wildman–Crippen LogP) is 2.60. The summed E-state index contributed by atoms with van der Waals surface area (Å²) in [6.45, 7) is 3.61. The number of aryl methyl sites for hydroxylation is 2. The van der Waals surface area contributed by atoms with Gasteiger partial charge < -0.3 is 4.42 Å². The molecule has 1 aromatic rings. The fourth-order valence-electron chi connectivity index (χ4n) is 2.25. The normalized spacial score (nSPS) is 15.3. The van der Waals surface area contributed by atoms with Crippen LogP contribution in [0.5, 0.6) is 0 Å². The number of hydrogen-bond donors (Lipinski definition) is 0. The number of fused-ring (bicyclic) bond motifs is 1. The maximum absolute atomic E-state index is 11.1. The minimum atomic E-state index is 0.224. The fraction of sp³-hybridized carbons (Fsp3) is 0.583. The van der Waals surface area contributed by atoms with Crippen LogP contribution < -0.4 is 0 Å².